The molecule has 0 saturated carbocycles. The molecule has 4 rings (SSSR count). The number of fused-ring (bicyclic) bond motifs is 3. The summed E-state index contributed by atoms with van der Waals surface area (Å²) in [7, 11) is 1.75. The van der Waals surface area contributed by atoms with Crippen molar-refractivity contribution in [2.45, 2.75) is 6.92 Å². The third kappa shape index (κ3) is 3.83. The van der Waals surface area contributed by atoms with E-state index < -0.39 is 5.97 Å². The number of aromatic nitrogens is 4. The number of hydrogen-bond acceptors (Lipinski definition) is 7. The van der Waals surface area contributed by atoms with Crippen molar-refractivity contribution >= 4 is 40.2 Å². The summed E-state index contributed by atoms with van der Waals surface area (Å²) in [5, 5.41) is 11.1. The predicted octanol–water partition coefficient (Wildman–Crippen LogP) is 2.39. The molecule has 0 radical (unpaired) electrons. The van der Waals surface area contributed by atoms with E-state index in [0.717, 1.165) is 16.6 Å². The van der Waals surface area contributed by atoms with E-state index in [9.17, 15) is 9.59 Å². The maximum atomic E-state index is 12.4. The van der Waals surface area contributed by atoms with Gasteiger partial charge in [-0.1, -0.05) is 6.07 Å². The van der Waals surface area contributed by atoms with Gasteiger partial charge < -0.3 is 25.1 Å². The zero-order valence-electron chi connectivity index (χ0n) is 16.2. The van der Waals surface area contributed by atoms with Gasteiger partial charge in [0.2, 0.25) is 5.95 Å². The molecule has 4 aromatic rings. The maximum Gasteiger partial charge on any atom is 0.340 e. The van der Waals surface area contributed by atoms with E-state index in [1.165, 1.54) is 6.20 Å². The minimum atomic E-state index is -0.472. The first-order valence-electron chi connectivity index (χ1n) is 8.97. The van der Waals surface area contributed by atoms with Gasteiger partial charge in [0.15, 0.2) is 0 Å². The van der Waals surface area contributed by atoms with E-state index in [0.29, 0.717) is 27.9 Å². The Kier molecular flexibility index (Phi) is 6.06. The largest absolute Gasteiger partial charge is 0.483 e. The van der Waals surface area contributed by atoms with Gasteiger partial charge in [-0.2, -0.15) is 0 Å². The van der Waals surface area contributed by atoms with Crippen LogP contribution in [0.4, 0.5) is 5.95 Å². The van der Waals surface area contributed by atoms with E-state index in [-0.39, 0.29) is 18.6 Å². The average molecular weight is 409 g/mol. The molecule has 0 aliphatic rings. The Balaban J connectivity index is 0.000000806. The number of anilines is 1. The molecule has 0 aliphatic carbocycles. The van der Waals surface area contributed by atoms with Crippen LogP contribution in [0.2, 0.25) is 0 Å². The van der Waals surface area contributed by atoms with Crippen LogP contribution in [0, 0.1) is 0 Å². The van der Waals surface area contributed by atoms with Crippen molar-refractivity contribution in [1.82, 2.24) is 19.9 Å². The highest BCUT2D eigenvalue weighted by Crippen LogP contribution is 2.29. The number of carbonyl (C=O) groups is 2. The lowest BCUT2D eigenvalue weighted by Crippen LogP contribution is -2.08. The summed E-state index contributed by atoms with van der Waals surface area (Å²) in [5.74, 6) is 0.0358. The summed E-state index contributed by atoms with van der Waals surface area (Å²) in [6.07, 6.45) is 3.18. The summed E-state index contributed by atoms with van der Waals surface area (Å²) in [4.78, 5) is 47.3. The topological polar surface area (TPSA) is 150 Å². The van der Waals surface area contributed by atoms with Crippen molar-refractivity contribution in [1.29, 1.82) is 0 Å². The number of nitrogens with zero attached hydrogens (tertiary/aromatic N) is 2. The van der Waals surface area contributed by atoms with Crippen molar-refractivity contribution in [3.63, 3.8) is 0 Å². The first-order valence-corrected chi connectivity index (χ1v) is 8.97. The number of H-pyrrole nitrogens is 2. The van der Waals surface area contributed by atoms with Gasteiger partial charge in [-0.05, 0) is 25.1 Å². The number of esters is 1. The lowest BCUT2D eigenvalue weighted by molar-refractivity contribution is -0.122. The molecule has 3 aromatic heterocycles. The Morgan fingerprint density at radius 3 is 2.80 bits per heavy atom. The van der Waals surface area contributed by atoms with E-state index >= 15 is 0 Å². The number of ether oxygens (including phenoxy) is 1. The Bertz CT molecular complexity index is 1280. The van der Waals surface area contributed by atoms with Gasteiger partial charge in [0.25, 0.3) is 12.0 Å². The third-order valence-corrected chi connectivity index (χ3v) is 4.31. The summed E-state index contributed by atoms with van der Waals surface area (Å²) < 4.78 is 5.13. The molecule has 10 nitrogen and oxygen atoms in total. The molecule has 0 saturated heterocycles. The number of carboxylic acid groups (broad SMARTS) is 1. The normalized spacial score (nSPS) is 10.3. The van der Waals surface area contributed by atoms with Crippen LogP contribution in [0.3, 0.4) is 0 Å². The lowest BCUT2D eigenvalue weighted by atomic mass is 10.0. The van der Waals surface area contributed by atoms with E-state index in [4.69, 9.17) is 14.6 Å². The van der Waals surface area contributed by atoms with Gasteiger partial charge in [0.05, 0.1) is 17.9 Å². The summed E-state index contributed by atoms with van der Waals surface area (Å²) >= 11 is 0. The van der Waals surface area contributed by atoms with E-state index in [1.807, 2.05) is 12.1 Å². The fourth-order valence-corrected chi connectivity index (χ4v) is 3.10. The van der Waals surface area contributed by atoms with Crippen molar-refractivity contribution < 1.29 is 19.4 Å². The maximum absolute atomic E-state index is 12.4. The van der Waals surface area contributed by atoms with Gasteiger partial charge in [0.1, 0.15) is 5.52 Å². The van der Waals surface area contributed by atoms with Gasteiger partial charge >= 0.3 is 5.97 Å². The molecule has 0 aliphatic heterocycles. The molecule has 3 heterocycles. The van der Waals surface area contributed by atoms with Crippen LogP contribution in [0.25, 0.3) is 33.1 Å². The zero-order valence-corrected chi connectivity index (χ0v) is 16.2. The molecule has 154 valence electrons. The second kappa shape index (κ2) is 8.86. The highest BCUT2D eigenvalue weighted by Gasteiger charge is 2.18. The van der Waals surface area contributed by atoms with Crippen LogP contribution in [0.15, 0.2) is 41.5 Å². The number of carbonyl (C=O) groups excluding carboxylic acids is 1. The zero-order chi connectivity index (χ0) is 21.7. The molecule has 0 fully saturated rings. The minimum absolute atomic E-state index is 0.250. The van der Waals surface area contributed by atoms with Gasteiger partial charge in [-0.15, -0.1) is 0 Å². The van der Waals surface area contributed by atoms with Crippen LogP contribution < -0.4 is 10.9 Å². The molecule has 0 atom stereocenters. The number of rotatable bonds is 4. The van der Waals surface area contributed by atoms with Crippen molar-refractivity contribution in [3.8, 4) is 11.3 Å². The van der Waals surface area contributed by atoms with E-state index in [2.05, 4.69) is 25.3 Å². The monoisotopic (exact) mass is 409 g/mol. The molecular weight excluding hydrogens is 390 g/mol. The second-order valence-electron chi connectivity index (χ2n) is 6.01. The van der Waals surface area contributed by atoms with Crippen LogP contribution in [-0.4, -0.2) is 51.1 Å². The predicted molar refractivity (Wildman–Crippen MR) is 112 cm³/mol. The van der Waals surface area contributed by atoms with Crippen LogP contribution in [-0.2, 0) is 9.53 Å². The average Bonchev–Trinajstić information content (AvgIpc) is 3.21. The fourth-order valence-electron chi connectivity index (χ4n) is 3.10. The number of pyridine rings is 1. The molecule has 0 bridgehead atoms. The first kappa shape index (κ1) is 20.5. The SMILES string of the molecule is CCOC(=O)c1c[nH]c2c(=O)[nH]c3ccc(-c4ccnc(NC)n4)cc3c12.O=CO. The van der Waals surface area contributed by atoms with Crippen molar-refractivity contribution in [2.24, 2.45) is 0 Å². The Morgan fingerprint density at radius 2 is 2.10 bits per heavy atom. The van der Waals surface area contributed by atoms with Crippen LogP contribution in [0.5, 0.6) is 0 Å². The summed E-state index contributed by atoms with van der Waals surface area (Å²) in [6, 6.07) is 7.36. The Labute approximate surface area is 169 Å². The molecule has 4 N–H and O–H groups in total. The molecule has 1 aromatic carbocycles. The second-order valence-corrected chi connectivity index (χ2v) is 6.01. The molecular formula is C20H19N5O5. The van der Waals surface area contributed by atoms with Crippen molar-refractivity contribution in [3.05, 3.63) is 52.6 Å². The third-order valence-electron chi connectivity index (χ3n) is 4.31. The molecule has 10 heteroatoms. The van der Waals surface area contributed by atoms with Crippen LogP contribution in [0.1, 0.15) is 17.3 Å². The molecule has 30 heavy (non-hydrogen) atoms. The molecule has 0 unspecified atom stereocenters. The number of hydrogen-bond donors (Lipinski definition) is 4. The first-order chi connectivity index (χ1) is 14.5. The summed E-state index contributed by atoms with van der Waals surface area (Å²) in [6.45, 7) is 1.75. The number of aromatic amines is 2. The van der Waals surface area contributed by atoms with Gasteiger partial charge in [0, 0.05) is 41.3 Å². The highest BCUT2D eigenvalue weighted by molar-refractivity contribution is 6.15. The molecule has 0 spiro atoms. The standard InChI is InChI=1S/C19H17N5O3.CH2O2/c1-3-27-18(26)12-9-22-16-15(12)11-8-10(4-5-14(11)23-17(16)25)13-6-7-21-19(20-2)24-13;2-1-3/h4-9,22H,3H2,1-2H3,(H,23,25)(H,20,21,24);1H,(H,2,3). The summed E-state index contributed by atoms with van der Waals surface area (Å²) in [5.41, 5.74) is 2.57. The van der Waals surface area contributed by atoms with Gasteiger partial charge in [-0.3, -0.25) is 9.59 Å². The smallest absolute Gasteiger partial charge is 0.340 e. The Morgan fingerprint density at radius 1 is 1.33 bits per heavy atom. The highest BCUT2D eigenvalue weighted by atomic mass is 16.5. The minimum Gasteiger partial charge on any atom is -0.483 e. The Hall–Kier alpha value is -4.21. The van der Waals surface area contributed by atoms with Crippen LogP contribution >= 0.6 is 0 Å². The van der Waals surface area contributed by atoms with Crippen molar-refractivity contribution in [2.75, 3.05) is 19.0 Å². The number of nitrogens with one attached hydrogen (secondary N) is 3. The lowest BCUT2D eigenvalue weighted by Gasteiger charge is -2.07. The number of benzene rings is 1. The quantitative estimate of drug-likeness (QED) is 0.296. The molecule has 0 amide bonds. The fraction of sp³-hybridized carbons (Fsp3) is 0.150. The van der Waals surface area contributed by atoms with Gasteiger partial charge in [-0.25, -0.2) is 14.8 Å². The van der Waals surface area contributed by atoms with E-state index in [1.54, 1.807) is 32.3 Å².